The molecule has 26 heavy (non-hydrogen) atoms. The topological polar surface area (TPSA) is 74.6 Å². The minimum absolute atomic E-state index is 0. The molecule has 0 aliphatic carbocycles. The number of likely N-dealkylation sites (tertiary alicyclic amines) is 1. The van der Waals surface area contributed by atoms with Gasteiger partial charge < -0.3 is 15.5 Å². The van der Waals surface area contributed by atoms with Crippen LogP contribution in [-0.4, -0.2) is 59.3 Å². The average Bonchev–Trinajstić information content (AvgIpc) is 2.85. The molecular weight excluding hydrogens is 443 g/mol. The number of aryl methyl sites for hydroxylation is 2. The molecule has 2 rings (SSSR count). The molecule has 1 unspecified atom stereocenters. The molecule has 1 aliphatic rings. The van der Waals surface area contributed by atoms with Crippen molar-refractivity contribution in [2.75, 3.05) is 26.7 Å². The van der Waals surface area contributed by atoms with E-state index in [2.05, 4.69) is 34.6 Å². The summed E-state index contributed by atoms with van der Waals surface area (Å²) in [5.41, 5.74) is 3.52. The second-order valence-electron chi connectivity index (χ2n) is 6.89. The molecule has 7 nitrogen and oxygen atoms in total. The highest BCUT2D eigenvalue weighted by molar-refractivity contribution is 14.0. The van der Waals surface area contributed by atoms with Crippen molar-refractivity contribution in [1.82, 2.24) is 25.3 Å². The van der Waals surface area contributed by atoms with Crippen molar-refractivity contribution in [2.45, 2.75) is 52.5 Å². The maximum atomic E-state index is 12.3. The Kier molecular flexibility index (Phi) is 9.38. The highest BCUT2D eigenvalue weighted by Crippen LogP contribution is 2.14. The lowest BCUT2D eigenvalue weighted by Gasteiger charge is -2.27. The molecule has 0 spiro atoms. The average molecular weight is 476 g/mol. The van der Waals surface area contributed by atoms with Gasteiger partial charge >= 0.3 is 0 Å². The molecule has 1 aromatic rings. The van der Waals surface area contributed by atoms with E-state index in [0.29, 0.717) is 5.96 Å². The molecule has 0 saturated carbocycles. The van der Waals surface area contributed by atoms with Gasteiger partial charge in [-0.15, -0.1) is 24.0 Å². The van der Waals surface area contributed by atoms with Crippen LogP contribution in [-0.2, 0) is 18.3 Å². The highest BCUT2D eigenvalue weighted by atomic mass is 127. The zero-order valence-corrected chi connectivity index (χ0v) is 19.0. The summed E-state index contributed by atoms with van der Waals surface area (Å²) in [5, 5.41) is 11.0. The van der Waals surface area contributed by atoms with Gasteiger partial charge in [0.2, 0.25) is 5.91 Å². The van der Waals surface area contributed by atoms with Crippen molar-refractivity contribution in [3.05, 3.63) is 17.0 Å². The van der Waals surface area contributed by atoms with Gasteiger partial charge in [-0.2, -0.15) is 5.10 Å². The third-order valence-corrected chi connectivity index (χ3v) is 4.89. The summed E-state index contributed by atoms with van der Waals surface area (Å²) >= 11 is 0. The van der Waals surface area contributed by atoms with E-state index in [0.717, 1.165) is 38.0 Å². The number of amides is 1. The second-order valence-corrected chi connectivity index (χ2v) is 6.89. The Morgan fingerprint density at radius 2 is 1.92 bits per heavy atom. The van der Waals surface area contributed by atoms with Crippen LogP contribution in [0.25, 0.3) is 0 Å². The lowest BCUT2D eigenvalue weighted by atomic mass is 10.1. The first-order valence-electron chi connectivity index (χ1n) is 9.16. The number of rotatable bonds is 5. The van der Waals surface area contributed by atoms with E-state index in [-0.39, 0.29) is 42.5 Å². The number of aromatic nitrogens is 2. The van der Waals surface area contributed by atoms with E-state index in [9.17, 15) is 4.79 Å². The molecule has 1 aliphatic heterocycles. The van der Waals surface area contributed by atoms with E-state index in [4.69, 9.17) is 0 Å². The largest absolute Gasteiger partial charge is 0.354 e. The molecule has 2 heterocycles. The molecule has 1 fully saturated rings. The summed E-state index contributed by atoms with van der Waals surface area (Å²) in [5.74, 6) is 0.811. The number of nitrogens with one attached hydrogen (secondary N) is 2. The monoisotopic (exact) mass is 476 g/mol. The molecular formula is C18H33IN6O. The number of halogens is 1. The maximum absolute atomic E-state index is 12.3. The Morgan fingerprint density at radius 1 is 1.27 bits per heavy atom. The lowest BCUT2D eigenvalue weighted by Crippen LogP contribution is -2.48. The molecule has 1 aromatic heterocycles. The van der Waals surface area contributed by atoms with Crippen LogP contribution in [0.4, 0.5) is 0 Å². The molecule has 8 heteroatoms. The van der Waals surface area contributed by atoms with Crippen LogP contribution in [0.2, 0.25) is 0 Å². The first-order chi connectivity index (χ1) is 11.9. The summed E-state index contributed by atoms with van der Waals surface area (Å²) in [6.07, 6.45) is 4.32. The number of guanidine groups is 1. The smallest absolute Gasteiger partial charge is 0.241 e. The van der Waals surface area contributed by atoms with Crippen molar-refractivity contribution in [2.24, 2.45) is 12.0 Å². The minimum atomic E-state index is 0. The molecule has 148 valence electrons. The molecule has 0 radical (unpaired) electrons. The number of carbonyl (C=O) groups is 1. The van der Waals surface area contributed by atoms with E-state index in [1.165, 1.54) is 17.7 Å². The predicted molar refractivity (Wildman–Crippen MR) is 116 cm³/mol. The Labute approximate surface area is 174 Å². The van der Waals surface area contributed by atoms with Crippen molar-refractivity contribution in [1.29, 1.82) is 0 Å². The highest BCUT2D eigenvalue weighted by Gasteiger charge is 2.17. The summed E-state index contributed by atoms with van der Waals surface area (Å²) in [7, 11) is 3.70. The van der Waals surface area contributed by atoms with Gasteiger partial charge in [0.15, 0.2) is 5.96 Å². The molecule has 1 amide bonds. The second kappa shape index (κ2) is 10.7. The van der Waals surface area contributed by atoms with Crippen molar-refractivity contribution >= 4 is 35.8 Å². The number of piperidine rings is 1. The fourth-order valence-electron chi connectivity index (χ4n) is 3.31. The van der Waals surface area contributed by atoms with E-state index in [1.54, 1.807) is 7.05 Å². The van der Waals surface area contributed by atoms with Gasteiger partial charge in [-0.25, -0.2) is 0 Å². The molecule has 0 aromatic carbocycles. The summed E-state index contributed by atoms with van der Waals surface area (Å²) < 4.78 is 1.92. The third-order valence-electron chi connectivity index (χ3n) is 4.89. The first kappa shape index (κ1) is 22.7. The van der Waals surface area contributed by atoms with Crippen LogP contribution >= 0.6 is 24.0 Å². The van der Waals surface area contributed by atoms with Gasteiger partial charge in [0, 0.05) is 38.9 Å². The zero-order valence-electron chi connectivity index (χ0n) is 16.6. The lowest BCUT2D eigenvalue weighted by molar-refractivity contribution is -0.130. The molecule has 1 saturated heterocycles. The normalized spacial score (nSPS) is 16.0. The van der Waals surface area contributed by atoms with Crippen LogP contribution in [0.3, 0.4) is 0 Å². The van der Waals surface area contributed by atoms with Crippen molar-refractivity contribution < 1.29 is 4.79 Å². The van der Waals surface area contributed by atoms with E-state index < -0.39 is 0 Å². The number of hydrogen-bond donors (Lipinski definition) is 2. The first-order valence-corrected chi connectivity index (χ1v) is 9.16. The number of carbonyl (C=O) groups excluding carboxylic acids is 1. The minimum Gasteiger partial charge on any atom is -0.354 e. The van der Waals surface area contributed by atoms with Gasteiger partial charge in [0.05, 0.1) is 12.2 Å². The third kappa shape index (κ3) is 6.14. The molecule has 0 bridgehead atoms. The number of aliphatic imine (C=N–C) groups is 1. The quantitative estimate of drug-likeness (QED) is 0.386. The van der Waals surface area contributed by atoms with E-state index >= 15 is 0 Å². The maximum Gasteiger partial charge on any atom is 0.241 e. The van der Waals surface area contributed by atoms with Gasteiger partial charge in [-0.3, -0.25) is 14.5 Å². The Hall–Kier alpha value is -1.32. The molecule has 2 N–H and O–H groups in total. The van der Waals surface area contributed by atoms with Crippen LogP contribution in [0.1, 0.15) is 43.1 Å². The predicted octanol–water partition coefficient (Wildman–Crippen LogP) is 1.76. The number of hydrogen-bond acceptors (Lipinski definition) is 3. The van der Waals surface area contributed by atoms with Gasteiger partial charge in [-0.1, -0.05) is 0 Å². The Balaban J connectivity index is 0.00000338. The van der Waals surface area contributed by atoms with Gasteiger partial charge in [0.1, 0.15) is 0 Å². The summed E-state index contributed by atoms with van der Waals surface area (Å²) in [6, 6.07) is 0.192. The van der Waals surface area contributed by atoms with Crippen molar-refractivity contribution in [3.63, 3.8) is 0 Å². The van der Waals surface area contributed by atoms with Crippen LogP contribution in [0.15, 0.2) is 4.99 Å². The summed E-state index contributed by atoms with van der Waals surface area (Å²) in [6.45, 7) is 8.29. The zero-order chi connectivity index (χ0) is 18.4. The fraction of sp³-hybridized carbons (Fsp3) is 0.722. The van der Waals surface area contributed by atoms with Crippen molar-refractivity contribution in [3.8, 4) is 0 Å². The fourth-order valence-corrected chi connectivity index (χ4v) is 3.31. The Bertz CT molecular complexity index is 621. The SMILES string of the molecule is CN=C(NCC(=O)N1CCCCC1)NC(C)Cc1c(C)nn(C)c1C.I. The van der Waals surface area contributed by atoms with E-state index in [1.807, 2.05) is 23.6 Å². The van der Waals surface area contributed by atoms with Crippen LogP contribution in [0, 0.1) is 13.8 Å². The van der Waals surface area contributed by atoms with Gasteiger partial charge in [0.25, 0.3) is 0 Å². The summed E-state index contributed by atoms with van der Waals surface area (Å²) in [4.78, 5) is 18.4. The van der Waals surface area contributed by atoms with Crippen LogP contribution in [0.5, 0.6) is 0 Å². The van der Waals surface area contributed by atoms with Gasteiger partial charge in [-0.05, 0) is 52.0 Å². The standard InChI is InChI=1S/C18H32N6O.HI/c1-13(11-16-14(2)22-23(5)15(16)3)21-18(19-4)20-12-17(25)24-9-7-6-8-10-24;/h13H,6-12H2,1-5H3,(H2,19,20,21);1H. The van der Waals surface area contributed by atoms with Crippen LogP contribution < -0.4 is 10.6 Å². The molecule has 1 atom stereocenters. The Morgan fingerprint density at radius 3 is 2.46 bits per heavy atom. The number of nitrogens with zero attached hydrogens (tertiary/aromatic N) is 4.